The van der Waals surface area contributed by atoms with E-state index in [1.165, 1.54) is 18.2 Å². The van der Waals surface area contributed by atoms with Gasteiger partial charge in [0.05, 0.1) is 11.9 Å². The Bertz CT molecular complexity index is 595. The van der Waals surface area contributed by atoms with E-state index in [0.29, 0.717) is 11.1 Å². The zero-order valence-electron chi connectivity index (χ0n) is 9.25. The molecule has 18 heavy (non-hydrogen) atoms. The highest BCUT2D eigenvalue weighted by molar-refractivity contribution is 6.06. The van der Waals surface area contributed by atoms with Crippen LogP contribution in [0.4, 0.5) is 0 Å². The minimum atomic E-state index is -1.54. The van der Waals surface area contributed by atoms with E-state index in [-0.39, 0.29) is 5.57 Å². The molecule has 0 saturated heterocycles. The zero-order valence-corrected chi connectivity index (χ0v) is 9.25. The Hall–Kier alpha value is -2.62. The van der Waals surface area contributed by atoms with Crippen LogP contribution in [0.5, 0.6) is 0 Å². The van der Waals surface area contributed by atoms with Crippen molar-refractivity contribution in [3.63, 3.8) is 0 Å². The summed E-state index contributed by atoms with van der Waals surface area (Å²) >= 11 is 0. The summed E-state index contributed by atoms with van der Waals surface area (Å²) in [5.74, 6) is -3.08. The molecule has 4 nitrogen and oxygen atoms in total. The molecule has 0 spiro atoms. The Kier molecular flexibility index (Phi) is 3.10. The molecule has 90 valence electrons. The fourth-order valence-electron chi connectivity index (χ4n) is 1.80. The maximum Gasteiger partial charge on any atom is 0.0728 e. The Morgan fingerprint density at radius 2 is 1.61 bits per heavy atom. The number of rotatable bonds is 2. The molecule has 0 atom stereocenters. The molecule has 0 radical (unpaired) electrons. The fourth-order valence-corrected chi connectivity index (χ4v) is 1.80. The average Bonchev–Trinajstić information content (AvgIpc) is 2.60. The molecule has 0 aliphatic heterocycles. The molecule has 0 saturated carbocycles. The van der Waals surface area contributed by atoms with Gasteiger partial charge in [0.1, 0.15) is 0 Å². The van der Waals surface area contributed by atoms with Crippen LogP contribution in [0.25, 0.3) is 0 Å². The van der Waals surface area contributed by atoms with Crippen molar-refractivity contribution >= 4 is 11.9 Å². The van der Waals surface area contributed by atoms with Crippen molar-refractivity contribution in [3.05, 3.63) is 70.9 Å². The van der Waals surface area contributed by atoms with Crippen molar-refractivity contribution in [2.75, 3.05) is 0 Å². The minimum Gasteiger partial charge on any atom is -0.545 e. The van der Waals surface area contributed by atoms with E-state index < -0.39 is 17.5 Å². The molecule has 0 amide bonds. The lowest BCUT2D eigenvalue weighted by atomic mass is 9.96. The number of aliphatic carboxylic acids is 2. The highest BCUT2D eigenvalue weighted by atomic mass is 16.4. The van der Waals surface area contributed by atoms with E-state index in [0.717, 1.165) is 0 Å². The molecule has 2 aliphatic carbocycles. The van der Waals surface area contributed by atoms with Gasteiger partial charge in [-0.3, -0.25) is 0 Å². The van der Waals surface area contributed by atoms with Crippen molar-refractivity contribution in [3.8, 4) is 0 Å². The molecule has 0 N–H and O–H groups in total. The summed E-state index contributed by atoms with van der Waals surface area (Å²) in [6.45, 7) is 0. The summed E-state index contributed by atoms with van der Waals surface area (Å²) in [6, 6.07) is 0. The highest BCUT2D eigenvalue weighted by Gasteiger charge is 2.16. The Morgan fingerprint density at radius 1 is 0.833 bits per heavy atom. The molecule has 4 heteroatoms. The number of allylic oxidation sites excluding steroid dienone is 10. The van der Waals surface area contributed by atoms with Crippen LogP contribution < -0.4 is 10.2 Å². The molecule has 0 unspecified atom stereocenters. The first-order valence-electron chi connectivity index (χ1n) is 5.22. The maximum absolute atomic E-state index is 11.2. The lowest BCUT2D eigenvalue weighted by Gasteiger charge is -2.17. The van der Waals surface area contributed by atoms with Gasteiger partial charge in [-0.25, -0.2) is 0 Å². The number of carboxylic acid groups (broad SMARTS) is 2. The second-order valence-electron chi connectivity index (χ2n) is 3.67. The molecule has 2 rings (SSSR count). The standard InChI is InChI=1S/C14H10O4/c15-13(16)11-8-4-6-9-5-2-1-3-7-10(9)12(11)14(17)18/h1-8H,(H,15,16)(H,17,18)/p-2. The van der Waals surface area contributed by atoms with Crippen LogP contribution in [0.1, 0.15) is 0 Å². The summed E-state index contributed by atoms with van der Waals surface area (Å²) in [5, 5.41) is 22.2. The first-order chi connectivity index (χ1) is 8.61. The number of carbonyl (C=O) groups is 2. The van der Waals surface area contributed by atoms with Gasteiger partial charge in [-0.2, -0.15) is 0 Å². The van der Waals surface area contributed by atoms with Gasteiger partial charge in [0.2, 0.25) is 0 Å². The van der Waals surface area contributed by atoms with Crippen molar-refractivity contribution in [2.45, 2.75) is 0 Å². The monoisotopic (exact) mass is 240 g/mol. The van der Waals surface area contributed by atoms with Crippen LogP contribution in [-0.2, 0) is 9.59 Å². The Labute approximate surface area is 103 Å². The number of carbonyl (C=O) groups excluding carboxylic acids is 2. The summed E-state index contributed by atoms with van der Waals surface area (Å²) in [7, 11) is 0. The summed E-state index contributed by atoms with van der Waals surface area (Å²) in [4.78, 5) is 22.2. The van der Waals surface area contributed by atoms with Crippen LogP contribution in [0.15, 0.2) is 70.9 Å². The van der Waals surface area contributed by atoms with E-state index in [2.05, 4.69) is 0 Å². The predicted molar refractivity (Wildman–Crippen MR) is 60.6 cm³/mol. The first-order valence-corrected chi connectivity index (χ1v) is 5.22. The second-order valence-corrected chi connectivity index (χ2v) is 3.67. The molecule has 0 fully saturated rings. The van der Waals surface area contributed by atoms with Gasteiger partial charge < -0.3 is 19.8 Å². The second kappa shape index (κ2) is 4.71. The molecule has 0 aromatic rings. The van der Waals surface area contributed by atoms with Crippen molar-refractivity contribution in [1.82, 2.24) is 0 Å². The highest BCUT2D eigenvalue weighted by Crippen LogP contribution is 2.27. The van der Waals surface area contributed by atoms with Crippen LogP contribution >= 0.6 is 0 Å². The number of hydrogen-bond acceptors (Lipinski definition) is 4. The van der Waals surface area contributed by atoms with E-state index in [4.69, 9.17) is 0 Å². The average molecular weight is 240 g/mol. The Morgan fingerprint density at radius 3 is 2.28 bits per heavy atom. The Balaban J connectivity index is 2.74. The van der Waals surface area contributed by atoms with E-state index in [1.807, 2.05) is 0 Å². The van der Waals surface area contributed by atoms with Crippen LogP contribution in [0.3, 0.4) is 0 Å². The largest absolute Gasteiger partial charge is 0.545 e. The van der Waals surface area contributed by atoms with Gasteiger partial charge in [-0.1, -0.05) is 48.6 Å². The van der Waals surface area contributed by atoms with Gasteiger partial charge in [-0.05, 0) is 11.1 Å². The lowest BCUT2D eigenvalue weighted by Crippen LogP contribution is -2.33. The SMILES string of the molecule is O=C([O-])C1=CC=CC2=CC=CC=CC2=C1C(=O)[O-]. The molecule has 0 heterocycles. The molecular formula is C14H8O4-2. The topological polar surface area (TPSA) is 80.3 Å². The molecule has 0 bridgehead atoms. The zero-order chi connectivity index (χ0) is 13.1. The van der Waals surface area contributed by atoms with Gasteiger partial charge >= 0.3 is 0 Å². The van der Waals surface area contributed by atoms with Crippen molar-refractivity contribution in [2.24, 2.45) is 0 Å². The normalized spacial score (nSPS) is 17.6. The van der Waals surface area contributed by atoms with E-state index in [9.17, 15) is 19.8 Å². The van der Waals surface area contributed by atoms with Crippen LogP contribution in [-0.4, -0.2) is 11.9 Å². The third-order valence-corrected chi connectivity index (χ3v) is 2.57. The van der Waals surface area contributed by atoms with Gasteiger partial charge in [0, 0.05) is 11.1 Å². The predicted octanol–water partition coefficient (Wildman–Crippen LogP) is -0.669. The lowest BCUT2D eigenvalue weighted by molar-refractivity contribution is -0.304. The van der Waals surface area contributed by atoms with Crippen LogP contribution in [0, 0.1) is 0 Å². The molecule has 2 aliphatic rings. The number of fused-ring (bicyclic) bond motifs is 1. The van der Waals surface area contributed by atoms with Gasteiger partial charge in [0.25, 0.3) is 0 Å². The maximum atomic E-state index is 11.2. The summed E-state index contributed by atoms with van der Waals surface area (Å²) in [5.41, 5.74) is 0.137. The van der Waals surface area contributed by atoms with Crippen LogP contribution in [0.2, 0.25) is 0 Å². The smallest absolute Gasteiger partial charge is 0.0728 e. The first kappa shape index (κ1) is 11.9. The third kappa shape index (κ3) is 2.08. The quantitative estimate of drug-likeness (QED) is 0.641. The molecule has 0 aromatic heterocycles. The molecule has 0 aromatic carbocycles. The van der Waals surface area contributed by atoms with Gasteiger partial charge in [-0.15, -0.1) is 0 Å². The third-order valence-electron chi connectivity index (χ3n) is 2.57. The fraction of sp³-hybridized carbons (Fsp3) is 0. The number of hydrogen-bond donors (Lipinski definition) is 0. The van der Waals surface area contributed by atoms with Crippen molar-refractivity contribution < 1.29 is 19.8 Å². The van der Waals surface area contributed by atoms with E-state index >= 15 is 0 Å². The summed E-state index contributed by atoms with van der Waals surface area (Å²) in [6.07, 6.45) is 12.6. The van der Waals surface area contributed by atoms with E-state index in [1.54, 1.807) is 30.4 Å². The molecular weight excluding hydrogens is 232 g/mol. The summed E-state index contributed by atoms with van der Waals surface area (Å²) < 4.78 is 0. The minimum absolute atomic E-state index is 0.296. The number of carboxylic acids is 2. The van der Waals surface area contributed by atoms with Crippen molar-refractivity contribution in [1.29, 1.82) is 0 Å². The van der Waals surface area contributed by atoms with Gasteiger partial charge in [0.15, 0.2) is 0 Å².